The quantitative estimate of drug-likeness (QED) is 0.440. The third-order valence-electron chi connectivity index (χ3n) is 1.85. The van der Waals surface area contributed by atoms with Gasteiger partial charge in [-0.05, 0) is 12.8 Å². The summed E-state index contributed by atoms with van der Waals surface area (Å²) in [6.07, 6.45) is 4.87. The molecule has 5 heteroatoms. The van der Waals surface area contributed by atoms with E-state index in [1.807, 2.05) is 6.29 Å². The third kappa shape index (κ3) is 6.56. The third-order valence-corrected chi connectivity index (χ3v) is 1.85. The maximum Gasteiger partial charge on any atom is 0.238 e. The first kappa shape index (κ1) is 13.1. The molecule has 0 aromatic carbocycles. The number of nitrogens with one attached hydrogen (secondary N) is 1. The molecule has 0 aromatic heterocycles. The van der Waals surface area contributed by atoms with Gasteiger partial charge in [0.2, 0.25) is 5.91 Å². The second kappa shape index (κ2) is 8.65. The largest absolute Gasteiger partial charge is 0.355 e. The van der Waals surface area contributed by atoms with Crippen LogP contribution in [0.2, 0.25) is 0 Å². The summed E-state index contributed by atoms with van der Waals surface area (Å²) in [5.41, 5.74) is 10.6. The summed E-state index contributed by atoms with van der Waals surface area (Å²) in [5.74, 6) is -0.213. The topological polar surface area (TPSA) is 98.2 Å². The molecule has 1 atom stereocenters. The van der Waals surface area contributed by atoms with Gasteiger partial charge in [-0.2, -0.15) is 0 Å². The van der Waals surface area contributed by atoms with Crippen LogP contribution >= 0.6 is 0 Å². The van der Waals surface area contributed by atoms with Crippen molar-refractivity contribution in [1.82, 2.24) is 5.32 Å². The molecule has 0 aliphatic rings. The van der Waals surface area contributed by atoms with Crippen molar-refractivity contribution in [3.8, 4) is 0 Å². The van der Waals surface area contributed by atoms with Gasteiger partial charge in [0, 0.05) is 19.5 Å². The number of nitrogens with two attached hydrogens (primary N) is 2. The summed E-state index contributed by atoms with van der Waals surface area (Å²) in [6.45, 7) is 0.747. The van der Waals surface area contributed by atoms with E-state index in [-0.39, 0.29) is 12.5 Å². The van der Waals surface area contributed by atoms with Gasteiger partial charge in [-0.15, -0.1) is 0 Å². The Balaban J connectivity index is 3.27. The van der Waals surface area contributed by atoms with Gasteiger partial charge in [-0.3, -0.25) is 9.59 Å². The molecule has 81 valence electrons. The first-order valence-corrected chi connectivity index (χ1v) is 4.80. The van der Waals surface area contributed by atoms with Crippen molar-refractivity contribution in [2.24, 2.45) is 11.5 Å². The smallest absolute Gasteiger partial charge is 0.238 e. The lowest BCUT2D eigenvalue weighted by molar-refractivity contribution is -0.122. The fraction of sp³-hybridized carbons (Fsp3) is 0.778. The molecular formula is C9H18N3O2. The molecule has 0 spiro atoms. The molecule has 0 unspecified atom stereocenters. The van der Waals surface area contributed by atoms with E-state index in [4.69, 9.17) is 11.5 Å². The molecule has 5 nitrogen and oxygen atoms in total. The fourth-order valence-electron chi connectivity index (χ4n) is 0.949. The Kier molecular flexibility index (Phi) is 8.07. The Labute approximate surface area is 84.2 Å². The number of hydrogen-bond donors (Lipinski definition) is 3. The number of unbranched alkanes of at least 4 members (excludes halogenated alkanes) is 3. The molecule has 14 heavy (non-hydrogen) atoms. The minimum atomic E-state index is -0.613. The van der Waals surface area contributed by atoms with Gasteiger partial charge in [-0.25, -0.2) is 0 Å². The molecule has 0 aromatic rings. The molecule has 0 saturated carbocycles. The molecule has 0 aliphatic carbocycles. The van der Waals surface area contributed by atoms with Crippen LogP contribution in [0.5, 0.6) is 0 Å². The summed E-state index contributed by atoms with van der Waals surface area (Å²) in [7, 11) is 0. The average Bonchev–Trinajstić information content (AvgIpc) is 2.21. The molecule has 0 heterocycles. The van der Waals surface area contributed by atoms with Gasteiger partial charge in [0.15, 0.2) is 6.29 Å². The maximum atomic E-state index is 11.1. The Morgan fingerprint density at radius 2 is 2.07 bits per heavy atom. The van der Waals surface area contributed by atoms with Gasteiger partial charge < -0.3 is 16.8 Å². The maximum absolute atomic E-state index is 11.1. The minimum Gasteiger partial charge on any atom is -0.355 e. The normalized spacial score (nSPS) is 12.1. The Hall–Kier alpha value is -0.940. The number of carbonyl (C=O) groups excluding carboxylic acids is 2. The van der Waals surface area contributed by atoms with Crippen LogP contribution in [0.1, 0.15) is 25.7 Å². The average molecular weight is 200 g/mol. The lowest BCUT2D eigenvalue weighted by atomic mass is 10.2. The fourth-order valence-corrected chi connectivity index (χ4v) is 0.949. The Morgan fingerprint density at radius 3 is 2.64 bits per heavy atom. The second-order valence-electron chi connectivity index (χ2n) is 3.09. The van der Waals surface area contributed by atoms with Gasteiger partial charge in [0.25, 0.3) is 0 Å². The van der Waals surface area contributed by atoms with Crippen LogP contribution in [0.15, 0.2) is 0 Å². The first-order chi connectivity index (χ1) is 6.72. The summed E-state index contributed by atoms with van der Waals surface area (Å²) < 4.78 is 0. The van der Waals surface area contributed by atoms with Crippen molar-refractivity contribution < 1.29 is 9.59 Å². The van der Waals surface area contributed by atoms with E-state index >= 15 is 0 Å². The summed E-state index contributed by atoms with van der Waals surface area (Å²) >= 11 is 0. The number of rotatable bonds is 8. The van der Waals surface area contributed by atoms with E-state index in [1.54, 1.807) is 0 Å². The summed E-state index contributed by atoms with van der Waals surface area (Å²) in [5, 5.41) is 2.67. The van der Waals surface area contributed by atoms with Crippen LogP contribution < -0.4 is 16.8 Å². The van der Waals surface area contributed by atoms with E-state index in [0.717, 1.165) is 19.3 Å². The van der Waals surface area contributed by atoms with Crippen LogP contribution in [0.3, 0.4) is 0 Å². The predicted molar refractivity (Wildman–Crippen MR) is 54.2 cm³/mol. The van der Waals surface area contributed by atoms with Crippen molar-refractivity contribution in [2.45, 2.75) is 31.7 Å². The molecule has 0 rings (SSSR count). The zero-order chi connectivity index (χ0) is 10.8. The highest BCUT2D eigenvalue weighted by Crippen LogP contribution is 1.96. The van der Waals surface area contributed by atoms with Crippen molar-refractivity contribution in [1.29, 1.82) is 0 Å². The van der Waals surface area contributed by atoms with Crippen LogP contribution in [-0.2, 0) is 9.59 Å². The first-order valence-electron chi connectivity index (χ1n) is 4.80. The van der Waals surface area contributed by atoms with E-state index < -0.39 is 6.04 Å². The zero-order valence-electron chi connectivity index (χ0n) is 8.29. The van der Waals surface area contributed by atoms with Crippen LogP contribution in [0.25, 0.3) is 0 Å². The molecule has 5 N–H and O–H groups in total. The SMILES string of the molecule is NC[C@@H](N)C(=O)NCCCCC[C]=O. The molecule has 1 radical (unpaired) electrons. The number of amides is 1. The van der Waals surface area contributed by atoms with Crippen molar-refractivity contribution in [3.05, 3.63) is 0 Å². The van der Waals surface area contributed by atoms with Gasteiger partial charge in [0.1, 0.15) is 0 Å². The van der Waals surface area contributed by atoms with E-state index in [0.29, 0.717) is 13.0 Å². The molecule has 0 bridgehead atoms. The van der Waals surface area contributed by atoms with Gasteiger partial charge >= 0.3 is 0 Å². The van der Waals surface area contributed by atoms with Gasteiger partial charge in [0.05, 0.1) is 6.04 Å². The molecule has 0 saturated heterocycles. The highest BCUT2D eigenvalue weighted by Gasteiger charge is 2.09. The molecule has 1 amide bonds. The highest BCUT2D eigenvalue weighted by atomic mass is 16.2. The minimum absolute atomic E-state index is 0.159. The Bertz CT molecular complexity index is 173. The van der Waals surface area contributed by atoms with E-state index in [9.17, 15) is 9.59 Å². The van der Waals surface area contributed by atoms with E-state index in [1.165, 1.54) is 0 Å². The monoisotopic (exact) mass is 200 g/mol. The molecule has 0 aliphatic heterocycles. The van der Waals surface area contributed by atoms with Gasteiger partial charge in [-0.1, -0.05) is 6.42 Å². The summed E-state index contributed by atoms with van der Waals surface area (Å²) in [6, 6.07) is -0.613. The Morgan fingerprint density at radius 1 is 1.36 bits per heavy atom. The standard InChI is InChI=1S/C9H18N3O2/c10-7-8(11)9(14)12-5-3-1-2-4-6-13/h8H,1-5,7,10-11H2,(H,12,14)/t8-/m1/s1. The highest BCUT2D eigenvalue weighted by molar-refractivity contribution is 5.81. The van der Waals surface area contributed by atoms with Crippen LogP contribution in [0, 0.1) is 0 Å². The molecular weight excluding hydrogens is 182 g/mol. The predicted octanol–water partition coefficient (Wildman–Crippen LogP) is -0.941. The molecule has 0 fully saturated rings. The van der Waals surface area contributed by atoms with Crippen molar-refractivity contribution >= 4 is 12.2 Å². The van der Waals surface area contributed by atoms with Crippen molar-refractivity contribution in [3.63, 3.8) is 0 Å². The zero-order valence-corrected chi connectivity index (χ0v) is 8.29. The van der Waals surface area contributed by atoms with Crippen LogP contribution in [-0.4, -0.2) is 31.3 Å². The van der Waals surface area contributed by atoms with Crippen LogP contribution in [0.4, 0.5) is 0 Å². The van der Waals surface area contributed by atoms with E-state index in [2.05, 4.69) is 5.32 Å². The second-order valence-corrected chi connectivity index (χ2v) is 3.09. The summed E-state index contributed by atoms with van der Waals surface area (Å²) in [4.78, 5) is 20.9. The lowest BCUT2D eigenvalue weighted by Gasteiger charge is -2.09. The number of hydrogen-bond acceptors (Lipinski definition) is 4. The lowest BCUT2D eigenvalue weighted by Crippen LogP contribution is -2.45. The number of carbonyl (C=O) groups is 1. The van der Waals surface area contributed by atoms with Crippen molar-refractivity contribution in [2.75, 3.05) is 13.1 Å².